The Kier molecular flexibility index (Phi) is 6.12. The van der Waals surface area contributed by atoms with Gasteiger partial charge in [0.15, 0.2) is 5.82 Å². The van der Waals surface area contributed by atoms with Gasteiger partial charge in [-0.3, -0.25) is 5.84 Å². The topological polar surface area (TPSA) is 88.0 Å². The number of imidazole rings is 1. The molecule has 0 atom stereocenters. The number of aromatic amines is 1. The number of rotatable bonds is 8. The van der Waals surface area contributed by atoms with E-state index in [1.165, 1.54) is 0 Å². The Balaban J connectivity index is 1.73. The maximum absolute atomic E-state index is 6.35. The molecule has 1 aromatic heterocycles. The third-order valence-electron chi connectivity index (χ3n) is 4.00. The molecule has 0 fully saturated rings. The molecular weight excluding hydrogens is 350 g/mol. The number of halogens is 1. The number of allylic oxidation sites excluding steroid dienone is 1. The second-order valence-electron chi connectivity index (χ2n) is 5.80. The van der Waals surface area contributed by atoms with Crippen molar-refractivity contribution in [1.82, 2.24) is 15.4 Å². The van der Waals surface area contributed by atoms with Crippen molar-refractivity contribution in [3.8, 4) is 0 Å². The number of nitrogens with one attached hydrogen (secondary N) is 3. The highest BCUT2D eigenvalue weighted by atomic mass is 35.5. The largest absolute Gasteiger partial charge is 0.383 e. The van der Waals surface area contributed by atoms with Gasteiger partial charge in [-0.25, -0.2) is 4.98 Å². The summed E-state index contributed by atoms with van der Waals surface area (Å²) < 4.78 is 5.03. The molecule has 0 spiro atoms. The fourth-order valence-corrected chi connectivity index (χ4v) is 2.91. The van der Waals surface area contributed by atoms with Gasteiger partial charge in [0.1, 0.15) is 0 Å². The maximum Gasteiger partial charge on any atom is 0.155 e. The minimum absolute atomic E-state index is 0.629. The molecule has 0 unspecified atom stereocenters. The lowest BCUT2D eigenvalue weighted by molar-refractivity contribution is 0.211. The Morgan fingerprint density at radius 1 is 1.31 bits per heavy atom. The third-order valence-corrected chi connectivity index (χ3v) is 4.31. The summed E-state index contributed by atoms with van der Waals surface area (Å²) in [5, 5.41) is 3.92. The number of nitrogens with zero attached hydrogens (tertiary/aromatic N) is 1. The number of benzene rings is 2. The first-order valence-electron chi connectivity index (χ1n) is 8.34. The van der Waals surface area contributed by atoms with Gasteiger partial charge in [-0.15, -0.1) is 0 Å². The Labute approximate surface area is 157 Å². The highest BCUT2D eigenvalue weighted by Gasteiger charge is 2.07. The number of hydrogen-bond donors (Lipinski definition) is 4. The lowest BCUT2D eigenvalue weighted by atomic mass is 10.1. The van der Waals surface area contributed by atoms with E-state index in [1.54, 1.807) is 7.11 Å². The van der Waals surface area contributed by atoms with Gasteiger partial charge in [-0.05, 0) is 36.2 Å². The van der Waals surface area contributed by atoms with Gasteiger partial charge in [0, 0.05) is 13.7 Å². The van der Waals surface area contributed by atoms with Gasteiger partial charge in [-0.2, -0.15) is 0 Å². The Bertz CT molecular complexity index is 873. The predicted molar refractivity (Wildman–Crippen MR) is 107 cm³/mol. The SMILES string of the molecule is COCCNc1ccc(C/C=C(\NN)c2nc3ccccc3[nH]2)cc1Cl. The normalized spacial score (nSPS) is 11.7. The van der Waals surface area contributed by atoms with Gasteiger partial charge in [0.2, 0.25) is 0 Å². The van der Waals surface area contributed by atoms with Gasteiger partial charge < -0.3 is 20.5 Å². The average Bonchev–Trinajstić information content (AvgIpc) is 3.08. The summed E-state index contributed by atoms with van der Waals surface area (Å²) in [5.41, 5.74) is 7.30. The lowest BCUT2D eigenvalue weighted by Crippen LogP contribution is -2.21. The van der Waals surface area contributed by atoms with Crippen LogP contribution in [0.25, 0.3) is 16.7 Å². The minimum atomic E-state index is 0.629. The summed E-state index contributed by atoms with van der Waals surface area (Å²) >= 11 is 6.35. The fraction of sp³-hybridized carbons (Fsp3) is 0.211. The van der Waals surface area contributed by atoms with E-state index in [0.29, 0.717) is 30.4 Å². The standard InChI is InChI=1S/C19H22ClN5O/c1-26-11-10-22-15-8-6-13(12-14(15)20)7-9-18(25-21)19-23-16-4-2-3-5-17(16)24-19/h2-6,8-9,12,22,25H,7,10-11,21H2,1H3,(H,23,24)/b18-9-. The van der Waals surface area contributed by atoms with Crippen molar-refractivity contribution < 1.29 is 4.74 Å². The van der Waals surface area contributed by atoms with E-state index in [4.69, 9.17) is 22.2 Å². The molecule has 136 valence electrons. The van der Waals surface area contributed by atoms with Gasteiger partial charge in [-0.1, -0.05) is 35.9 Å². The summed E-state index contributed by atoms with van der Waals surface area (Å²) in [6.07, 6.45) is 2.66. The molecule has 0 saturated heterocycles. The van der Waals surface area contributed by atoms with Crippen molar-refractivity contribution in [2.45, 2.75) is 6.42 Å². The summed E-state index contributed by atoms with van der Waals surface area (Å²) in [5.74, 6) is 6.39. The minimum Gasteiger partial charge on any atom is -0.383 e. The van der Waals surface area contributed by atoms with E-state index in [0.717, 1.165) is 28.0 Å². The van der Waals surface area contributed by atoms with E-state index >= 15 is 0 Å². The molecule has 5 N–H and O–H groups in total. The van der Waals surface area contributed by atoms with Crippen LogP contribution in [-0.2, 0) is 11.2 Å². The van der Waals surface area contributed by atoms with Crippen LogP contribution in [0.15, 0.2) is 48.5 Å². The maximum atomic E-state index is 6.35. The van der Waals surface area contributed by atoms with E-state index in [9.17, 15) is 0 Å². The van der Waals surface area contributed by atoms with Crippen molar-refractivity contribution >= 4 is 34.0 Å². The molecule has 0 aliphatic heterocycles. The zero-order valence-corrected chi connectivity index (χ0v) is 15.3. The molecule has 2 aromatic carbocycles. The summed E-state index contributed by atoms with van der Waals surface area (Å²) in [6.45, 7) is 1.34. The predicted octanol–water partition coefficient (Wildman–Crippen LogP) is 3.32. The van der Waals surface area contributed by atoms with Crippen LogP contribution in [0.1, 0.15) is 11.4 Å². The number of hydrogen-bond acceptors (Lipinski definition) is 5. The summed E-state index contributed by atoms with van der Waals surface area (Å²) in [4.78, 5) is 7.82. The molecule has 1 heterocycles. The highest BCUT2D eigenvalue weighted by Crippen LogP contribution is 2.24. The molecule has 0 aliphatic carbocycles. The van der Waals surface area contributed by atoms with Crippen LogP contribution < -0.4 is 16.6 Å². The quantitative estimate of drug-likeness (QED) is 0.277. The highest BCUT2D eigenvalue weighted by molar-refractivity contribution is 6.33. The number of methoxy groups -OCH3 is 1. The number of H-pyrrole nitrogens is 1. The van der Waals surface area contributed by atoms with Crippen molar-refractivity contribution in [3.63, 3.8) is 0 Å². The smallest absolute Gasteiger partial charge is 0.155 e. The molecule has 3 aromatic rings. The van der Waals surface area contributed by atoms with Crippen molar-refractivity contribution in [2.75, 3.05) is 25.6 Å². The Hall–Kier alpha value is -2.54. The average molecular weight is 372 g/mol. The molecule has 3 rings (SSSR count). The molecule has 26 heavy (non-hydrogen) atoms. The zero-order valence-electron chi connectivity index (χ0n) is 14.6. The number of hydrazine groups is 1. The molecule has 0 saturated carbocycles. The molecule has 0 amide bonds. The van der Waals surface area contributed by atoms with E-state index in [2.05, 4.69) is 20.7 Å². The number of anilines is 1. The monoisotopic (exact) mass is 371 g/mol. The number of aromatic nitrogens is 2. The van der Waals surface area contributed by atoms with Crippen LogP contribution in [0.4, 0.5) is 5.69 Å². The fourth-order valence-electron chi connectivity index (χ4n) is 2.64. The number of nitrogens with two attached hydrogens (primary N) is 1. The van der Waals surface area contributed by atoms with Crippen molar-refractivity contribution in [1.29, 1.82) is 0 Å². The second-order valence-corrected chi connectivity index (χ2v) is 6.21. The Morgan fingerprint density at radius 2 is 2.15 bits per heavy atom. The van der Waals surface area contributed by atoms with E-state index < -0.39 is 0 Å². The first kappa shape index (κ1) is 18.3. The first-order valence-corrected chi connectivity index (χ1v) is 8.72. The van der Waals surface area contributed by atoms with E-state index in [1.807, 2.05) is 48.5 Å². The van der Waals surface area contributed by atoms with Crippen LogP contribution in [0.3, 0.4) is 0 Å². The van der Waals surface area contributed by atoms with Gasteiger partial charge in [0.05, 0.1) is 34.0 Å². The number of para-hydroxylation sites is 2. The number of ether oxygens (including phenoxy) is 1. The van der Waals surface area contributed by atoms with E-state index in [-0.39, 0.29) is 0 Å². The summed E-state index contributed by atoms with van der Waals surface area (Å²) in [6, 6.07) is 13.8. The molecule has 7 heteroatoms. The van der Waals surface area contributed by atoms with Crippen LogP contribution in [0.2, 0.25) is 5.02 Å². The lowest BCUT2D eigenvalue weighted by Gasteiger charge is -2.09. The molecule has 6 nitrogen and oxygen atoms in total. The molecule has 0 bridgehead atoms. The van der Waals surface area contributed by atoms with Crippen LogP contribution in [-0.4, -0.2) is 30.2 Å². The molecule has 0 aliphatic rings. The van der Waals surface area contributed by atoms with Crippen molar-refractivity contribution in [3.05, 3.63) is 65.0 Å². The van der Waals surface area contributed by atoms with Gasteiger partial charge in [0.25, 0.3) is 0 Å². The first-order chi connectivity index (χ1) is 12.7. The number of fused-ring (bicyclic) bond motifs is 1. The molecule has 0 radical (unpaired) electrons. The second kappa shape index (κ2) is 8.71. The van der Waals surface area contributed by atoms with Crippen molar-refractivity contribution in [2.24, 2.45) is 5.84 Å². The van der Waals surface area contributed by atoms with Gasteiger partial charge >= 0.3 is 0 Å². The third kappa shape index (κ3) is 4.35. The van der Waals surface area contributed by atoms with Crippen LogP contribution >= 0.6 is 11.6 Å². The zero-order chi connectivity index (χ0) is 18.4. The van der Waals surface area contributed by atoms with Crippen LogP contribution in [0.5, 0.6) is 0 Å². The summed E-state index contributed by atoms with van der Waals surface area (Å²) in [7, 11) is 1.67. The van der Waals surface area contributed by atoms with Crippen LogP contribution in [0, 0.1) is 0 Å². The Morgan fingerprint density at radius 3 is 2.88 bits per heavy atom. The molecular formula is C19H22ClN5O.